The number of aliphatic hydroxyl groups excluding tert-OH is 1. The van der Waals surface area contributed by atoms with Gasteiger partial charge in [0.15, 0.2) is 5.56 Å². The molecule has 64 valence electrons. The monoisotopic (exact) mass is 183 g/mol. The smallest absolute Gasteiger partial charge is 0.198 e. The minimum absolute atomic E-state index is 0.463. The average Bonchev–Trinajstić information content (AvgIpc) is 2.04. The molecular weight excluding hydrogens is 174 g/mol. The summed E-state index contributed by atoms with van der Waals surface area (Å²) >= 11 is 1.19. The maximum atomic E-state index is 9.53. The molecule has 0 radical (unpaired) electrons. The van der Waals surface area contributed by atoms with Gasteiger partial charge in [0.05, 0.1) is 0 Å². The molecule has 1 aliphatic heterocycles. The lowest BCUT2D eigenvalue weighted by molar-refractivity contribution is 0.221. The highest BCUT2D eigenvalue weighted by atomic mass is 32.2. The van der Waals surface area contributed by atoms with Crippen LogP contribution in [0.5, 0.6) is 5.75 Å². The van der Waals surface area contributed by atoms with Gasteiger partial charge in [-0.25, -0.2) is 0 Å². The number of hydrogen-bond acceptors (Lipinski definition) is 4. The highest BCUT2D eigenvalue weighted by Crippen LogP contribution is 2.39. The second-order valence-corrected chi connectivity index (χ2v) is 3.70. The second kappa shape index (κ2) is 2.97. The molecule has 2 rings (SSSR count). The van der Waals surface area contributed by atoms with Gasteiger partial charge in [-0.2, -0.15) is 0 Å². The zero-order valence-corrected chi connectivity index (χ0v) is 7.12. The molecule has 1 heterocycles. The summed E-state index contributed by atoms with van der Waals surface area (Å²) in [6, 6.07) is 7.36. The van der Waals surface area contributed by atoms with Crippen molar-refractivity contribution in [2.75, 3.05) is 0 Å². The van der Waals surface area contributed by atoms with E-state index in [1.54, 1.807) is 6.07 Å². The van der Waals surface area contributed by atoms with Gasteiger partial charge in [0.1, 0.15) is 11.2 Å². The number of nitrogens with two attached hydrogens (primary N) is 1. The first-order valence-corrected chi connectivity index (χ1v) is 4.56. The number of ether oxygens (including phenoxy) is 1. The van der Waals surface area contributed by atoms with Crippen LogP contribution in [0, 0.1) is 0 Å². The third-order valence-electron chi connectivity index (χ3n) is 1.69. The van der Waals surface area contributed by atoms with Crippen LogP contribution in [-0.2, 0) is 0 Å². The van der Waals surface area contributed by atoms with E-state index in [0.29, 0.717) is 5.75 Å². The molecule has 2 atom stereocenters. The fourth-order valence-electron chi connectivity index (χ4n) is 1.15. The van der Waals surface area contributed by atoms with Crippen molar-refractivity contribution in [2.24, 2.45) is 5.73 Å². The zero-order chi connectivity index (χ0) is 8.55. The molecular formula is C8H9NO2S. The molecule has 0 bridgehead atoms. The molecule has 12 heavy (non-hydrogen) atoms. The summed E-state index contributed by atoms with van der Waals surface area (Å²) in [5.74, 6) is 0.677. The summed E-state index contributed by atoms with van der Waals surface area (Å²) in [6.45, 7) is 0. The van der Waals surface area contributed by atoms with E-state index in [0.717, 1.165) is 5.56 Å². The fraction of sp³-hybridized carbons (Fsp3) is 0.250. The van der Waals surface area contributed by atoms with E-state index in [1.807, 2.05) is 18.2 Å². The number of para-hydroxylation sites is 1. The van der Waals surface area contributed by atoms with Crippen LogP contribution in [0.2, 0.25) is 0 Å². The Bertz CT molecular complexity index is 292. The highest BCUT2D eigenvalue weighted by Gasteiger charge is 2.23. The molecule has 1 unspecified atom stereocenters. The predicted octanol–water partition coefficient (Wildman–Crippen LogP) is 1.05. The minimum atomic E-state index is -0.565. The number of fused-ring (bicyclic) bond motifs is 1. The summed E-state index contributed by atoms with van der Waals surface area (Å²) in [4.78, 5) is 0. The summed E-state index contributed by atoms with van der Waals surface area (Å²) in [5, 5.41) is 9.53. The van der Waals surface area contributed by atoms with Gasteiger partial charge in [-0.05, 0) is 6.07 Å². The number of hydrogen-bond donors (Lipinski definition) is 2. The number of thioether (sulfide) groups is 1. The van der Waals surface area contributed by atoms with E-state index in [9.17, 15) is 5.11 Å². The van der Waals surface area contributed by atoms with Crippen LogP contribution in [0.25, 0.3) is 0 Å². The standard InChI is InChI=1S/C8H9NO2S/c9-8-11-6-4-2-1-3-5(6)7(10)12-8/h1-4,7-8,10H,9H2/t7?,8-/m0/s1. The predicted molar refractivity (Wildman–Crippen MR) is 47.6 cm³/mol. The van der Waals surface area contributed by atoms with Gasteiger partial charge in [-0.15, -0.1) is 0 Å². The van der Waals surface area contributed by atoms with Crippen LogP contribution >= 0.6 is 11.8 Å². The molecule has 0 amide bonds. The molecule has 0 saturated heterocycles. The van der Waals surface area contributed by atoms with E-state index in [-0.39, 0.29) is 0 Å². The molecule has 3 N–H and O–H groups in total. The number of benzene rings is 1. The Hall–Kier alpha value is -0.710. The van der Waals surface area contributed by atoms with Gasteiger partial charge in [-0.3, -0.25) is 5.73 Å². The van der Waals surface area contributed by atoms with Crippen molar-refractivity contribution in [1.82, 2.24) is 0 Å². The van der Waals surface area contributed by atoms with Gasteiger partial charge in [0.25, 0.3) is 0 Å². The minimum Gasteiger partial charge on any atom is -0.466 e. The van der Waals surface area contributed by atoms with E-state index < -0.39 is 11.0 Å². The molecule has 0 fully saturated rings. The molecule has 0 aliphatic carbocycles. The molecule has 0 saturated carbocycles. The highest BCUT2D eigenvalue weighted by molar-refractivity contribution is 7.99. The summed E-state index contributed by atoms with van der Waals surface area (Å²) in [6.07, 6.45) is 0. The van der Waals surface area contributed by atoms with E-state index in [1.165, 1.54) is 11.8 Å². The van der Waals surface area contributed by atoms with Crippen LogP contribution in [0.4, 0.5) is 0 Å². The summed E-state index contributed by atoms with van der Waals surface area (Å²) in [5.41, 5.74) is 5.29. The first-order valence-electron chi connectivity index (χ1n) is 3.62. The Kier molecular flexibility index (Phi) is 1.96. The van der Waals surface area contributed by atoms with Crippen LogP contribution < -0.4 is 10.5 Å². The third kappa shape index (κ3) is 1.29. The molecule has 1 aromatic rings. The second-order valence-electron chi connectivity index (χ2n) is 2.51. The van der Waals surface area contributed by atoms with E-state index in [4.69, 9.17) is 10.5 Å². The van der Waals surface area contributed by atoms with Crippen molar-refractivity contribution in [2.45, 2.75) is 11.0 Å². The Morgan fingerprint density at radius 2 is 2.17 bits per heavy atom. The topological polar surface area (TPSA) is 55.5 Å². The molecule has 4 heteroatoms. The number of rotatable bonds is 0. The van der Waals surface area contributed by atoms with Gasteiger partial charge < -0.3 is 9.84 Å². The maximum absolute atomic E-state index is 9.53. The lowest BCUT2D eigenvalue weighted by atomic mass is 10.2. The lowest BCUT2D eigenvalue weighted by Gasteiger charge is -2.25. The first-order chi connectivity index (χ1) is 5.77. The Labute approximate surface area is 74.5 Å². The van der Waals surface area contributed by atoms with E-state index >= 15 is 0 Å². The Morgan fingerprint density at radius 1 is 1.42 bits per heavy atom. The van der Waals surface area contributed by atoms with Gasteiger partial charge >= 0.3 is 0 Å². The number of aliphatic hydroxyl groups is 1. The quantitative estimate of drug-likeness (QED) is 0.631. The van der Waals surface area contributed by atoms with Crippen molar-refractivity contribution in [3.8, 4) is 5.75 Å². The van der Waals surface area contributed by atoms with Gasteiger partial charge in [-0.1, -0.05) is 30.0 Å². The van der Waals surface area contributed by atoms with Crippen LogP contribution in [0.15, 0.2) is 24.3 Å². The normalized spacial score (nSPS) is 27.5. The van der Waals surface area contributed by atoms with Gasteiger partial charge in [0.2, 0.25) is 0 Å². The Balaban J connectivity index is 2.40. The molecule has 0 aromatic heterocycles. The first kappa shape index (κ1) is 7.91. The van der Waals surface area contributed by atoms with Crippen molar-refractivity contribution in [1.29, 1.82) is 0 Å². The maximum Gasteiger partial charge on any atom is 0.198 e. The molecule has 1 aliphatic rings. The molecule has 3 nitrogen and oxygen atoms in total. The van der Waals surface area contributed by atoms with Gasteiger partial charge in [0, 0.05) is 5.56 Å². The van der Waals surface area contributed by atoms with Crippen LogP contribution in [0.1, 0.15) is 11.0 Å². The van der Waals surface area contributed by atoms with Crippen molar-refractivity contribution >= 4 is 11.8 Å². The van der Waals surface area contributed by atoms with Crippen molar-refractivity contribution in [3.05, 3.63) is 29.8 Å². The molecule has 1 aromatic carbocycles. The SMILES string of the molecule is N[C@H]1Oc2ccccc2C(O)S1. The summed E-state index contributed by atoms with van der Waals surface area (Å²) < 4.78 is 5.28. The van der Waals surface area contributed by atoms with Crippen molar-refractivity contribution in [3.63, 3.8) is 0 Å². The van der Waals surface area contributed by atoms with E-state index in [2.05, 4.69) is 0 Å². The fourth-order valence-corrected chi connectivity index (χ4v) is 1.90. The van der Waals surface area contributed by atoms with Crippen LogP contribution in [0.3, 0.4) is 0 Å². The molecule has 0 spiro atoms. The van der Waals surface area contributed by atoms with Crippen LogP contribution in [-0.4, -0.2) is 10.7 Å². The largest absolute Gasteiger partial charge is 0.466 e. The Morgan fingerprint density at radius 3 is 3.00 bits per heavy atom. The lowest BCUT2D eigenvalue weighted by Crippen LogP contribution is -2.28. The zero-order valence-electron chi connectivity index (χ0n) is 6.31. The third-order valence-corrected chi connectivity index (χ3v) is 2.57. The van der Waals surface area contributed by atoms with Crippen molar-refractivity contribution < 1.29 is 9.84 Å². The summed E-state index contributed by atoms with van der Waals surface area (Å²) in [7, 11) is 0. The average molecular weight is 183 g/mol.